The molecule has 0 bridgehead atoms. The van der Waals surface area contributed by atoms with Gasteiger partial charge in [0.25, 0.3) is 0 Å². The first kappa shape index (κ1) is 13.0. The quantitative estimate of drug-likeness (QED) is 0.909. The summed E-state index contributed by atoms with van der Waals surface area (Å²) >= 11 is 0. The smallest absolute Gasteiger partial charge is 0.203 e. The highest BCUT2D eigenvalue weighted by molar-refractivity contribution is 5.31. The van der Waals surface area contributed by atoms with Crippen LogP contribution in [0, 0.1) is 6.92 Å². The molecule has 0 atom stereocenters. The molecule has 2 heterocycles. The highest BCUT2D eigenvalue weighted by Crippen LogP contribution is 2.27. The van der Waals surface area contributed by atoms with Crippen molar-refractivity contribution in [3.05, 3.63) is 11.9 Å². The van der Waals surface area contributed by atoms with E-state index in [0.29, 0.717) is 12.1 Å². The second-order valence-electron chi connectivity index (χ2n) is 5.94. The van der Waals surface area contributed by atoms with Crippen LogP contribution in [0.4, 0.5) is 5.95 Å². The minimum atomic E-state index is 0.557. The highest BCUT2D eigenvalue weighted by Gasteiger charge is 2.21. The molecule has 2 fully saturated rings. The molecular weight excluding hydrogens is 238 g/mol. The Kier molecular flexibility index (Phi) is 4.06. The van der Waals surface area contributed by atoms with Gasteiger partial charge in [-0.3, -0.25) is 0 Å². The monoisotopic (exact) mass is 263 g/mol. The number of rotatable bonds is 3. The first-order valence-corrected chi connectivity index (χ1v) is 7.72. The van der Waals surface area contributed by atoms with Crippen LogP contribution < -0.4 is 5.32 Å². The van der Waals surface area contributed by atoms with Crippen LogP contribution in [-0.4, -0.2) is 28.8 Å². The van der Waals surface area contributed by atoms with Crippen LogP contribution in [0.3, 0.4) is 0 Å². The molecule has 4 heteroatoms. The molecule has 1 saturated carbocycles. The summed E-state index contributed by atoms with van der Waals surface area (Å²) in [4.78, 5) is 4.69. The van der Waals surface area contributed by atoms with Gasteiger partial charge in [0.15, 0.2) is 0 Å². The lowest BCUT2D eigenvalue weighted by atomic mass is 9.96. The first-order valence-electron chi connectivity index (χ1n) is 7.72. The topological polar surface area (TPSA) is 39.1 Å². The molecule has 0 aromatic carbocycles. The number of imidazole rings is 1. The van der Waals surface area contributed by atoms with Crippen LogP contribution in [0.5, 0.6) is 0 Å². The number of aryl methyl sites for hydroxylation is 1. The van der Waals surface area contributed by atoms with Gasteiger partial charge in [-0.2, -0.15) is 0 Å². The Morgan fingerprint density at radius 2 is 1.89 bits per heavy atom. The van der Waals surface area contributed by atoms with Crippen LogP contribution >= 0.6 is 0 Å². The zero-order chi connectivity index (χ0) is 13.1. The molecule has 1 aromatic rings. The van der Waals surface area contributed by atoms with Gasteiger partial charge >= 0.3 is 0 Å². The fourth-order valence-electron chi connectivity index (χ4n) is 3.29. The minimum absolute atomic E-state index is 0.557. The lowest BCUT2D eigenvalue weighted by molar-refractivity contribution is 0.0700. The van der Waals surface area contributed by atoms with Gasteiger partial charge in [0.05, 0.1) is 5.69 Å². The molecule has 4 nitrogen and oxygen atoms in total. The fraction of sp³-hybridized carbons (Fsp3) is 0.800. The predicted octanol–water partition coefficient (Wildman–Crippen LogP) is 3.29. The number of nitrogens with one attached hydrogen (secondary N) is 1. The Balaban J connectivity index is 1.72. The Morgan fingerprint density at radius 3 is 2.63 bits per heavy atom. The molecular formula is C15H25N3O. The molecule has 1 aromatic heterocycles. The van der Waals surface area contributed by atoms with E-state index in [9.17, 15) is 0 Å². The summed E-state index contributed by atoms with van der Waals surface area (Å²) in [6.45, 7) is 3.84. The van der Waals surface area contributed by atoms with E-state index in [2.05, 4.69) is 23.0 Å². The van der Waals surface area contributed by atoms with Crippen molar-refractivity contribution in [2.75, 3.05) is 18.5 Å². The Labute approximate surface area is 115 Å². The van der Waals surface area contributed by atoms with Crippen molar-refractivity contribution in [1.82, 2.24) is 9.55 Å². The molecule has 106 valence electrons. The summed E-state index contributed by atoms with van der Waals surface area (Å²) < 4.78 is 7.82. The van der Waals surface area contributed by atoms with Gasteiger partial charge in [0.2, 0.25) is 5.95 Å². The summed E-state index contributed by atoms with van der Waals surface area (Å²) in [6, 6.07) is 1.18. The standard InChI is InChI=1S/C15H25N3O/c1-12-11-18(14-7-9-19-10-8-14)15(16-12)17-13-5-3-2-4-6-13/h11,13-14H,2-10H2,1H3,(H,16,17). The summed E-state index contributed by atoms with van der Waals surface area (Å²) in [5.41, 5.74) is 1.12. The van der Waals surface area contributed by atoms with E-state index in [1.165, 1.54) is 32.1 Å². The lowest BCUT2D eigenvalue weighted by Crippen LogP contribution is -2.26. The number of aromatic nitrogens is 2. The number of hydrogen-bond acceptors (Lipinski definition) is 3. The van der Waals surface area contributed by atoms with E-state index in [1.807, 2.05) is 0 Å². The highest BCUT2D eigenvalue weighted by atomic mass is 16.5. The van der Waals surface area contributed by atoms with E-state index in [0.717, 1.165) is 37.7 Å². The van der Waals surface area contributed by atoms with Gasteiger partial charge in [-0.1, -0.05) is 19.3 Å². The maximum atomic E-state index is 5.46. The molecule has 0 spiro atoms. The van der Waals surface area contributed by atoms with E-state index < -0.39 is 0 Å². The first-order chi connectivity index (χ1) is 9.33. The predicted molar refractivity (Wildman–Crippen MR) is 76.5 cm³/mol. The Bertz CT molecular complexity index is 404. The molecule has 1 aliphatic carbocycles. The average Bonchev–Trinajstić information content (AvgIpc) is 2.82. The maximum absolute atomic E-state index is 5.46. The van der Waals surface area contributed by atoms with Gasteiger partial charge in [-0.15, -0.1) is 0 Å². The van der Waals surface area contributed by atoms with Crippen LogP contribution in [0.15, 0.2) is 6.20 Å². The van der Waals surface area contributed by atoms with Crippen molar-refractivity contribution in [3.63, 3.8) is 0 Å². The van der Waals surface area contributed by atoms with Crippen molar-refractivity contribution < 1.29 is 4.74 Å². The number of nitrogens with zero attached hydrogens (tertiary/aromatic N) is 2. The largest absolute Gasteiger partial charge is 0.381 e. The lowest BCUT2D eigenvalue weighted by Gasteiger charge is -2.28. The van der Waals surface area contributed by atoms with Gasteiger partial charge in [0, 0.05) is 31.5 Å². The van der Waals surface area contributed by atoms with E-state index >= 15 is 0 Å². The second-order valence-corrected chi connectivity index (χ2v) is 5.94. The van der Waals surface area contributed by atoms with Crippen molar-refractivity contribution in [3.8, 4) is 0 Å². The van der Waals surface area contributed by atoms with E-state index in [-0.39, 0.29) is 0 Å². The average molecular weight is 263 g/mol. The third kappa shape index (κ3) is 3.11. The molecule has 2 aliphatic rings. The van der Waals surface area contributed by atoms with E-state index in [1.54, 1.807) is 0 Å². The molecule has 0 amide bonds. The molecule has 0 unspecified atom stereocenters. The summed E-state index contributed by atoms with van der Waals surface area (Å²) in [5.74, 6) is 1.08. The number of hydrogen-bond donors (Lipinski definition) is 1. The zero-order valence-corrected chi connectivity index (χ0v) is 11.9. The van der Waals surface area contributed by atoms with Gasteiger partial charge < -0.3 is 14.6 Å². The SMILES string of the molecule is Cc1cn(C2CCOCC2)c(NC2CCCCC2)n1. The third-order valence-corrected chi connectivity index (χ3v) is 4.38. The summed E-state index contributed by atoms with van der Waals surface area (Å²) in [6.07, 6.45) is 11.1. The molecule has 1 N–H and O–H groups in total. The van der Waals surface area contributed by atoms with Crippen molar-refractivity contribution in [2.45, 2.75) is 64.0 Å². The van der Waals surface area contributed by atoms with Crippen LogP contribution in [0.1, 0.15) is 56.7 Å². The van der Waals surface area contributed by atoms with Crippen LogP contribution in [0.25, 0.3) is 0 Å². The van der Waals surface area contributed by atoms with Gasteiger partial charge in [0.1, 0.15) is 0 Å². The minimum Gasteiger partial charge on any atom is -0.381 e. The van der Waals surface area contributed by atoms with Crippen molar-refractivity contribution in [1.29, 1.82) is 0 Å². The molecule has 3 rings (SSSR count). The Morgan fingerprint density at radius 1 is 1.16 bits per heavy atom. The Hall–Kier alpha value is -1.03. The van der Waals surface area contributed by atoms with Crippen molar-refractivity contribution in [2.24, 2.45) is 0 Å². The summed E-state index contributed by atoms with van der Waals surface area (Å²) in [5, 5.41) is 3.68. The summed E-state index contributed by atoms with van der Waals surface area (Å²) in [7, 11) is 0. The number of anilines is 1. The molecule has 19 heavy (non-hydrogen) atoms. The molecule has 0 radical (unpaired) electrons. The third-order valence-electron chi connectivity index (χ3n) is 4.38. The molecule has 1 aliphatic heterocycles. The fourth-order valence-corrected chi connectivity index (χ4v) is 3.29. The van der Waals surface area contributed by atoms with Gasteiger partial charge in [-0.05, 0) is 32.6 Å². The van der Waals surface area contributed by atoms with Crippen LogP contribution in [0.2, 0.25) is 0 Å². The normalized spacial score (nSPS) is 22.6. The maximum Gasteiger partial charge on any atom is 0.203 e. The van der Waals surface area contributed by atoms with Crippen molar-refractivity contribution >= 4 is 5.95 Å². The van der Waals surface area contributed by atoms with E-state index in [4.69, 9.17) is 9.72 Å². The molecule has 1 saturated heterocycles. The van der Waals surface area contributed by atoms with Gasteiger partial charge in [-0.25, -0.2) is 4.98 Å². The number of ether oxygens (including phenoxy) is 1. The zero-order valence-electron chi connectivity index (χ0n) is 11.9. The second kappa shape index (κ2) is 5.95. The van der Waals surface area contributed by atoms with Crippen LogP contribution in [-0.2, 0) is 4.74 Å².